The highest BCUT2D eigenvalue weighted by Gasteiger charge is 2.27. The molecule has 38 heavy (non-hydrogen) atoms. The Morgan fingerprint density at radius 1 is 0.711 bits per heavy atom. The normalized spacial score (nSPS) is 10.9. The van der Waals surface area contributed by atoms with E-state index in [0.29, 0.717) is 53.2 Å². The maximum atomic E-state index is 13.2. The number of benzene rings is 3. The number of esters is 1. The molecule has 0 saturated carbocycles. The number of carbonyl (C=O) groups is 1. The van der Waals surface area contributed by atoms with Crippen LogP contribution in [0.5, 0.6) is 28.7 Å². The number of methoxy groups -OCH3 is 1. The fraction of sp³-hybridized carbons (Fsp3) is 0.452. The number of fused-ring (bicyclic) bond motifs is 1. The molecule has 0 aliphatic carbocycles. The molecule has 0 heterocycles. The van der Waals surface area contributed by atoms with Gasteiger partial charge < -0.3 is 23.7 Å². The third-order valence-electron chi connectivity index (χ3n) is 5.96. The fourth-order valence-corrected chi connectivity index (χ4v) is 4.20. The molecule has 0 bridgehead atoms. The van der Waals surface area contributed by atoms with Gasteiger partial charge in [0.15, 0.2) is 11.5 Å². The summed E-state index contributed by atoms with van der Waals surface area (Å²) in [6.07, 6.45) is 5.98. The average molecular weight is 543 g/mol. The topological polar surface area (TPSA) is 63.2 Å². The minimum absolute atomic E-state index is 0.0834. The highest BCUT2D eigenvalue weighted by Crippen LogP contribution is 2.52. The van der Waals surface area contributed by atoms with Crippen LogP contribution in [0.25, 0.3) is 10.8 Å². The summed E-state index contributed by atoms with van der Waals surface area (Å²) in [5, 5.41) is 1.91. The van der Waals surface area contributed by atoms with Crippen molar-refractivity contribution in [2.24, 2.45) is 0 Å². The second kappa shape index (κ2) is 15.3. The van der Waals surface area contributed by atoms with Gasteiger partial charge in [-0.25, -0.2) is 0 Å². The van der Waals surface area contributed by atoms with Crippen molar-refractivity contribution in [3.63, 3.8) is 0 Å². The smallest absolute Gasteiger partial charge is 0.315 e. The Morgan fingerprint density at radius 3 is 2.00 bits per heavy atom. The van der Waals surface area contributed by atoms with Crippen molar-refractivity contribution >= 4 is 28.3 Å². The SMILES string of the molecule is CCCCCCOc1c(OCCC)c(OCCC)c(OC(=O)Cc2ccc(OC)cc2)c2cc(Cl)ccc12. The molecular formula is C31H39ClO6. The molecule has 0 amide bonds. The lowest BCUT2D eigenvalue weighted by Crippen LogP contribution is -2.14. The van der Waals surface area contributed by atoms with Crippen molar-refractivity contribution < 1.29 is 28.5 Å². The lowest BCUT2D eigenvalue weighted by molar-refractivity contribution is -0.133. The van der Waals surface area contributed by atoms with Gasteiger partial charge in [0.2, 0.25) is 11.5 Å². The summed E-state index contributed by atoms with van der Waals surface area (Å²) in [6, 6.07) is 12.8. The van der Waals surface area contributed by atoms with Crippen molar-refractivity contribution in [3.05, 3.63) is 53.1 Å². The Labute approximate surface area is 231 Å². The first-order valence-electron chi connectivity index (χ1n) is 13.5. The summed E-state index contributed by atoms with van der Waals surface area (Å²) >= 11 is 6.41. The third kappa shape index (κ3) is 7.94. The Balaban J connectivity index is 2.06. The second-order valence-electron chi connectivity index (χ2n) is 9.11. The standard InChI is InChI=1S/C31H39ClO6/c1-5-8-9-10-19-37-28-25-16-13-23(32)21-26(25)29(31(36-18-7-3)30(28)35-17-6-2)38-27(33)20-22-11-14-24(34-4)15-12-22/h11-16,21H,5-10,17-20H2,1-4H3. The van der Waals surface area contributed by atoms with Gasteiger partial charge in [0, 0.05) is 15.8 Å². The summed E-state index contributed by atoms with van der Waals surface area (Å²) < 4.78 is 30.0. The average Bonchev–Trinajstić information content (AvgIpc) is 2.92. The monoisotopic (exact) mass is 542 g/mol. The van der Waals surface area contributed by atoms with Crippen LogP contribution in [0.4, 0.5) is 0 Å². The summed E-state index contributed by atoms with van der Waals surface area (Å²) in [5.74, 6) is 2.00. The zero-order chi connectivity index (χ0) is 27.3. The summed E-state index contributed by atoms with van der Waals surface area (Å²) in [6.45, 7) is 7.67. The van der Waals surface area contributed by atoms with Crippen molar-refractivity contribution in [1.29, 1.82) is 0 Å². The molecule has 3 aromatic carbocycles. The zero-order valence-electron chi connectivity index (χ0n) is 22.9. The van der Waals surface area contributed by atoms with Crippen molar-refractivity contribution in [2.75, 3.05) is 26.9 Å². The molecule has 0 atom stereocenters. The molecule has 0 aliphatic rings. The van der Waals surface area contributed by atoms with Gasteiger partial charge in [-0.3, -0.25) is 4.79 Å². The number of carbonyl (C=O) groups excluding carboxylic acids is 1. The van der Waals surface area contributed by atoms with Gasteiger partial charge in [0.1, 0.15) is 5.75 Å². The molecule has 0 aliphatic heterocycles. The van der Waals surface area contributed by atoms with E-state index in [1.807, 2.05) is 44.2 Å². The van der Waals surface area contributed by atoms with E-state index in [1.165, 1.54) is 0 Å². The van der Waals surface area contributed by atoms with Gasteiger partial charge in [-0.2, -0.15) is 0 Å². The second-order valence-corrected chi connectivity index (χ2v) is 9.55. The minimum atomic E-state index is -0.424. The number of ether oxygens (including phenoxy) is 5. The summed E-state index contributed by atoms with van der Waals surface area (Å²) in [7, 11) is 1.61. The molecule has 7 heteroatoms. The number of halogens is 1. The Bertz CT molecular complexity index is 1180. The lowest BCUT2D eigenvalue weighted by atomic mass is 10.1. The molecular weight excluding hydrogens is 504 g/mol. The van der Waals surface area contributed by atoms with Gasteiger partial charge in [0.25, 0.3) is 0 Å². The number of rotatable bonds is 16. The molecule has 0 saturated heterocycles. The maximum absolute atomic E-state index is 13.2. The van der Waals surface area contributed by atoms with Gasteiger partial charge in [0.05, 0.1) is 33.4 Å². The van der Waals surface area contributed by atoms with Crippen LogP contribution in [0.1, 0.15) is 64.9 Å². The van der Waals surface area contributed by atoms with E-state index < -0.39 is 5.97 Å². The maximum Gasteiger partial charge on any atom is 0.315 e. The van der Waals surface area contributed by atoms with Gasteiger partial charge in [-0.1, -0.05) is 63.8 Å². The Morgan fingerprint density at radius 2 is 1.37 bits per heavy atom. The quantitative estimate of drug-likeness (QED) is 0.103. The van der Waals surface area contributed by atoms with E-state index >= 15 is 0 Å². The molecule has 6 nitrogen and oxygen atoms in total. The molecule has 206 valence electrons. The van der Waals surface area contributed by atoms with Gasteiger partial charge in [-0.05, 0) is 55.2 Å². The summed E-state index contributed by atoms with van der Waals surface area (Å²) in [5.41, 5.74) is 0.809. The van der Waals surface area contributed by atoms with Crippen LogP contribution in [0.15, 0.2) is 42.5 Å². The molecule has 3 rings (SSSR count). The molecule has 0 unspecified atom stereocenters. The highest BCUT2D eigenvalue weighted by molar-refractivity contribution is 6.31. The molecule has 0 radical (unpaired) electrons. The van der Waals surface area contributed by atoms with Crippen LogP contribution in [0.2, 0.25) is 5.02 Å². The first kappa shape index (κ1) is 29.4. The largest absolute Gasteiger partial charge is 0.497 e. The first-order chi connectivity index (χ1) is 18.5. The van der Waals surface area contributed by atoms with Crippen LogP contribution in [0, 0.1) is 0 Å². The van der Waals surface area contributed by atoms with Crippen LogP contribution in [0.3, 0.4) is 0 Å². The predicted octanol–water partition coefficient (Wildman–Crippen LogP) is 8.19. The van der Waals surface area contributed by atoms with Gasteiger partial charge in [-0.15, -0.1) is 0 Å². The first-order valence-corrected chi connectivity index (χ1v) is 13.9. The summed E-state index contributed by atoms with van der Waals surface area (Å²) in [4.78, 5) is 13.2. The van der Waals surface area contributed by atoms with Gasteiger partial charge >= 0.3 is 5.97 Å². The van der Waals surface area contributed by atoms with Crippen molar-refractivity contribution in [3.8, 4) is 28.7 Å². The molecule has 0 N–H and O–H groups in total. The van der Waals surface area contributed by atoms with Crippen molar-refractivity contribution in [2.45, 2.75) is 65.7 Å². The molecule has 0 aromatic heterocycles. The van der Waals surface area contributed by atoms with Crippen LogP contribution < -0.4 is 23.7 Å². The number of unbranched alkanes of at least 4 members (excludes halogenated alkanes) is 3. The molecule has 0 spiro atoms. The fourth-order valence-electron chi connectivity index (χ4n) is 4.03. The van der Waals surface area contributed by atoms with Crippen LogP contribution >= 0.6 is 11.6 Å². The highest BCUT2D eigenvalue weighted by atomic mass is 35.5. The minimum Gasteiger partial charge on any atom is -0.497 e. The van der Waals surface area contributed by atoms with E-state index in [0.717, 1.165) is 55.2 Å². The van der Waals surface area contributed by atoms with E-state index in [-0.39, 0.29) is 6.42 Å². The third-order valence-corrected chi connectivity index (χ3v) is 6.19. The predicted molar refractivity (Wildman–Crippen MR) is 152 cm³/mol. The van der Waals surface area contributed by atoms with E-state index in [9.17, 15) is 4.79 Å². The Kier molecular flexibility index (Phi) is 11.9. The van der Waals surface area contributed by atoms with Crippen molar-refractivity contribution in [1.82, 2.24) is 0 Å². The van der Waals surface area contributed by atoms with E-state index in [2.05, 4.69) is 6.92 Å². The Hall–Kier alpha value is -3.12. The lowest BCUT2D eigenvalue weighted by Gasteiger charge is -2.22. The molecule has 0 fully saturated rings. The number of hydrogen-bond acceptors (Lipinski definition) is 6. The molecule has 3 aromatic rings. The van der Waals surface area contributed by atoms with E-state index in [1.54, 1.807) is 19.2 Å². The van der Waals surface area contributed by atoms with Crippen LogP contribution in [-0.4, -0.2) is 32.9 Å². The van der Waals surface area contributed by atoms with Crippen LogP contribution in [-0.2, 0) is 11.2 Å². The number of hydrogen-bond donors (Lipinski definition) is 0. The van der Waals surface area contributed by atoms with E-state index in [4.69, 9.17) is 35.3 Å². The zero-order valence-corrected chi connectivity index (χ0v) is 23.7.